The van der Waals surface area contributed by atoms with E-state index in [9.17, 15) is 4.79 Å². The minimum absolute atomic E-state index is 0.164. The monoisotopic (exact) mass is 216 g/mol. The number of hydrogen-bond donors (Lipinski definition) is 1. The van der Waals surface area contributed by atoms with Crippen molar-refractivity contribution in [2.24, 2.45) is 0 Å². The van der Waals surface area contributed by atoms with Crippen molar-refractivity contribution in [3.63, 3.8) is 0 Å². The maximum atomic E-state index is 11.5. The zero-order valence-electron chi connectivity index (χ0n) is 10.4. The summed E-state index contributed by atoms with van der Waals surface area (Å²) in [5.74, 6) is -0.164. The van der Waals surface area contributed by atoms with Crippen LogP contribution in [0.1, 0.15) is 26.7 Å². The molecule has 0 aromatic rings. The number of unbranched alkanes of at least 4 members (excludes halogenated alkanes) is 1. The van der Waals surface area contributed by atoms with Crippen LogP contribution in [0.15, 0.2) is 0 Å². The van der Waals surface area contributed by atoms with Crippen LogP contribution in [0.25, 0.3) is 0 Å². The van der Waals surface area contributed by atoms with Crippen molar-refractivity contribution < 1.29 is 9.53 Å². The smallest absolute Gasteiger partial charge is 0.324 e. The van der Waals surface area contributed by atoms with Gasteiger partial charge < -0.3 is 15.0 Å². The van der Waals surface area contributed by atoms with Crippen molar-refractivity contribution in [1.82, 2.24) is 10.2 Å². The molecule has 0 aliphatic heterocycles. The number of carbonyl (C=O) groups excluding carboxylic acids is 1. The first-order valence-electron chi connectivity index (χ1n) is 5.68. The van der Waals surface area contributed by atoms with E-state index in [0.29, 0.717) is 13.2 Å². The lowest BCUT2D eigenvalue weighted by molar-refractivity contribution is -0.145. The van der Waals surface area contributed by atoms with Crippen LogP contribution < -0.4 is 5.32 Å². The summed E-state index contributed by atoms with van der Waals surface area (Å²) >= 11 is 0. The molecular formula is C11H24N2O2. The second-order valence-corrected chi connectivity index (χ2v) is 3.71. The molecule has 0 aromatic heterocycles. The van der Waals surface area contributed by atoms with Gasteiger partial charge in [0, 0.05) is 6.54 Å². The van der Waals surface area contributed by atoms with Crippen LogP contribution in [0.3, 0.4) is 0 Å². The van der Waals surface area contributed by atoms with E-state index in [2.05, 4.69) is 17.1 Å². The number of esters is 1. The molecule has 0 saturated heterocycles. The van der Waals surface area contributed by atoms with E-state index >= 15 is 0 Å². The average molecular weight is 216 g/mol. The predicted molar refractivity (Wildman–Crippen MR) is 61.9 cm³/mol. The van der Waals surface area contributed by atoms with Gasteiger partial charge in [-0.3, -0.25) is 4.79 Å². The zero-order valence-corrected chi connectivity index (χ0v) is 10.4. The Morgan fingerprint density at radius 1 is 1.47 bits per heavy atom. The molecule has 0 amide bonds. The van der Waals surface area contributed by atoms with Crippen molar-refractivity contribution >= 4 is 5.97 Å². The molecule has 0 radical (unpaired) electrons. The Hall–Kier alpha value is -0.610. The van der Waals surface area contributed by atoms with Crippen LogP contribution in [-0.2, 0) is 9.53 Å². The van der Waals surface area contributed by atoms with Gasteiger partial charge >= 0.3 is 5.97 Å². The number of ether oxygens (including phenoxy) is 1. The van der Waals surface area contributed by atoms with E-state index in [-0.39, 0.29) is 12.0 Å². The Labute approximate surface area is 93.0 Å². The summed E-state index contributed by atoms with van der Waals surface area (Å²) < 4.78 is 4.97. The highest BCUT2D eigenvalue weighted by atomic mass is 16.5. The van der Waals surface area contributed by atoms with Crippen molar-refractivity contribution in [2.45, 2.75) is 32.7 Å². The SMILES string of the molecule is CCCCN(C)CC(NC)C(=O)OCC. The topological polar surface area (TPSA) is 41.6 Å². The van der Waals surface area contributed by atoms with Crippen LogP contribution in [-0.4, -0.2) is 50.7 Å². The molecular weight excluding hydrogens is 192 g/mol. The molecule has 4 nitrogen and oxygen atoms in total. The van der Waals surface area contributed by atoms with Crippen LogP contribution in [0.4, 0.5) is 0 Å². The van der Waals surface area contributed by atoms with Crippen molar-refractivity contribution in [2.75, 3.05) is 33.8 Å². The molecule has 1 atom stereocenters. The second kappa shape index (κ2) is 8.68. The second-order valence-electron chi connectivity index (χ2n) is 3.71. The standard InChI is InChI=1S/C11H24N2O2/c1-5-7-8-13(4)9-10(12-3)11(14)15-6-2/h10,12H,5-9H2,1-4H3. The maximum Gasteiger partial charge on any atom is 0.324 e. The Morgan fingerprint density at radius 3 is 2.60 bits per heavy atom. The van der Waals surface area contributed by atoms with Gasteiger partial charge in [0.15, 0.2) is 0 Å². The Morgan fingerprint density at radius 2 is 2.13 bits per heavy atom. The minimum atomic E-state index is -0.216. The molecule has 15 heavy (non-hydrogen) atoms. The van der Waals surface area contributed by atoms with Crippen molar-refractivity contribution in [3.05, 3.63) is 0 Å². The fraction of sp³-hybridized carbons (Fsp3) is 0.909. The summed E-state index contributed by atoms with van der Waals surface area (Å²) in [5.41, 5.74) is 0. The number of likely N-dealkylation sites (N-methyl/N-ethyl adjacent to an activating group) is 2. The summed E-state index contributed by atoms with van der Waals surface area (Å²) in [7, 11) is 3.81. The number of nitrogens with one attached hydrogen (secondary N) is 1. The van der Waals surface area contributed by atoms with Gasteiger partial charge in [0.25, 0.3) is 0 Å². The van der Waals surface area contributed by atoms with E-state index in [4.69, 9.17) is 4.74 Å². The molecule has 4 heteroatoms. The van der Waals surface area contributed by atoms with Crippen LogP contribution >= 0.6 is 0 Å². The molecule has 0 saturated carbocycles. The summed E-state index contributed by atoms with van der Waals surface area (Å²) in [5, 5.41) is 2.98. The zero-order chi connectivity index (χ0) is 11.7. The molecule has 1 N–H and O–H groups in total. The van der Waals surface area contributed by atoms with E-state index in [0.717, 1.165) is 13.0 Å². The van der Waals surface area contributed by atoms with Crippen LogP contribution in [0.5, 0.6) is 0 Å². The molecule has 0 aliphatic rings. The molecule has 0 aliphatic carbocycles. The van der Waals surface area contributed by atoms with E-state index < -0.39 is 0 Å². The first-order valence-corrected chi connectivity index (χ1v) is 5.68. The van der Waals surface area contributed by atoms with Gasteiger partial charge in [-0.2, -0.15) is 0 Å². The van der Waals surface area contributed by atoms with E-state index in [1.54, 1.807) is 7.05 Å². The molecule has 1 unspecified atom stereocenters. The fourth-order valence-corrected chi connectivity index (χ4v) is 1.36. The quantitative estimate of drug-likeness (QED) is 0.611. The van der Waals surface area contributed by atoms with E-state index in [1.807, 2.05) is 14.0 Å². The highest BCUT2D eigenvalue weighted by Crippen LogP contribution is 1.96. The number of nitrogens with zero attached hydrogens (tertiary/aromatic N) is 1. The molecule has 0 bridgehead atoms. The third-order valence-corrected chi connectivity index (χ3v) is 2.31. The third kappa shape index (κ3) is 6.47. The predicted octanol–water partition coefficient (Wildman–Crippen LogP) is 0.869. The Balaban J connectivity index is 3.91. The van der Waals surface area contributed by atoms with Gasteiger partial charge in [-0.1, -0.05) is 13.3 Å². The molecule has 0 aromatic carbocycles. The van der Waals surface area contributed by atoms with Gasteiger partial charge in [0.05, 0.1) is 6.61 Å². The Bertz CT molecular complexity index is 174. The largest absolute Gasteiger partial charge is 0.465 e. The number of rotatable bonds is 8. The van der Waals surface area contributed by atoms with E-state index in [1.165, 1.54) is 6.42 Å². The van der Waals surface area contributed by atoms with Gasteiger partial charge in [-0.15, -0.1) is 0 Å². The number of hydrogen-bond acceptors (Lipinski definition) is 4. The summed E-state index contributed by atoms with van der Waals surface area (Å²) in [4.78, 5) is 13.6. The normalized spacial score (nSPS) is 12.9. The maximum absolute atomic E-state index is 11.5. The number of carbonyl (C=O) groups is 1. The summed E-state index contributed by atoms with van der Waals surface area (Å²) in [6, 6.07) is -0.216. The van der Waals surface area contributed by atoms with Gasteiger partial charge in [-0.05, 0) is 34.0 Å². The molecule has 0 fully saturated rings. The van der Waals surface area contributed by atoms with Crippen LogP contribution in [0.2, 0.25) is 0 Å². The Kier molecular flexibility index (Phi) is 8.33. The van der Waals surface area contributed by atoms with Gasteiger partial charge in [0.2, 0.25) is 0 Å². The average Bonchev–Trinajstić information content (AvgIpc) is 2.23. The van der Waals surface area contributed by atoms with Gasteiger partial charge in [-0.25, -0.2) is 0 Å². The van der Waals surface area contributed by atoms with Crippen molar-refractivity contribution in [1.29, 1.82) is 0 Å². The minimum Gasteiger partial charge on any atom is -0.465 e. The molecule has 0 spiro atoms. The lowest BCUT2D eigenvalue weighted by atomic mass is 10.2. The molecule has 0 rings (SSSR count). The first kappa shape index (κ1) is 14.4. The fourth-order valence-electron chi connectivity index (χ4n) is 1.36. The van der Waals surface area contributed by atoms with Crippen LogP contribution in [0, 0.1) is 0 Å². The first-order chi connectivity index (χ1) is 7.15. The molecule has 90 valence electrons. The van der Waals surface area contributed by atoms with Crippen molar-refractivity contribution in [3.8, 4) is 0 Å². The highest BCUT2D eigenvalue weighted by molar-refractivity contribution is 5.76. The summed E-state index contributed by atoms with van der Waals surface area (Å²) in [6.07, 6.45) is 2.34. The highest BCUT2D eigenvalue weighted by Gasteiger charge is 2.18. The third-order valence-electron chi connectivity index (χ3n) is 2.31. The lowest BCUT2D eigenvalue weighted by Gasteiger charge is -2.22. The summed E-state index contributed by atoms with van der Waals surface area (Å²) in [6.45, 7) is 6.15. The molecule has 0 heterocycles. The lowest BCUT2D eigenvalue weighted by Crippen LogP contribution is -2.44. The van der Waals surface area contributed by atoms with Gasteiger partial charge in [0.1, 0.15) is 6.04 Å².